The lowest BCUT2D eigenvalue weighted by Crippen LogP contribution is -2.09. The van der Waals surface area contributed by atoms with Crippen molar-refractivity contribution in [1.82, 2.24) is 69.2 Å². The van der Waals surface area contributed by atoms with Gasteiger partial charge in [-0.05, 0) is 219 Å². The van der Waals surface area contributed by atoms with Gasteiger partial charge in [0.05, 0.1) is 84.0 Å². The van der Waals surface area contributed by atoms with E-state index < -0.39 is 0 Å². The van der Waals surface area contributed by atoms with Gasteiger partial charge in [-0.1, -0.05) is 225 Å². The summed E-state index contributed by atoms with van der Waals surface area (Å²) in [6, 6.07) is 37.9. The molecular formula is C117H158N20S10. The number of thiazole rings is 9. The van der Waals surface area contributed by atoms with Gasteiger partial charge in [0.25, 0.3) is 0 Å². The van der Waals surface area contributed by atoms with Crippen molar-refractivity contribution in [3.8, 4) is 36.4 Å². The van der Waals surface area contributed by atoms with Gasteiger partial charge < -0.3 is 0 Å². The normalized spacial score (nSPS) is 11.4. The van der Waals surface area contributed by atoms with Crippen molar-refractivity contribution >= 4 is 124 Å². The molecular weight excluding hydrogens is 2010 g/mol. The third-order valence-electron chi connectivity index (χ3n) is 21.1. The first-order valence-corrected chi connectivity index (χ1v) is 58.5. The lowest BCUT2D eigenvalue weighted by atomic mass is 9.93. The molecule has 16 rings (SSSR count). The maximum Gasteiger partial charge on any atom is 0.154 e. The zero-order valence-electron chi connectivity index (χ0n) is 94.4. The van der Waals surface area contributed by atoms with E-state index in [4.69, 9.17) is 36.6 Å². The number of nitriles is 6. The van der Waals surface area contributed by atoms with Gasteiger partial charge in [-0.2, -0.15) is 35.9 Å². The smallest absolute Gasteiger partial charge is 0.154 e. The van der Waals surface area contributed by atoms with Crippen molar-refractivity contribution in [2.75, 3.05) is 0 Å². The van der Waals surface area contributed by atoms with Crippen molar-refractivity contribution in [2.45, 2.75) is 372 Å². The summed E-state index contributed by atoms with van der Waals surface area (Å²) in [6.45, 7) is 82.5. The molecule has 0 saturated heterocycles. The van der Waals surface area contributed by atoms with Crippen LogP contribution >= 0.6 is 114 Å². The molecule has 1 atom stereocenters. The summed E-state index contributed by atoms with van der Waals surface area (Å²) < 4.78 is 5.24. The fraction of sp³-hybridized carbons (Fsp3) is 0.487. The van der Waals surface area contributed by atoms with Crippen LogP contribution in [0.25, 0.3) is 10.2 Å². The topological polar surface area (TPSA) is 323 Å². The molecule has 1 aliphatic carbocycles. The van der Waals surface area contributed by atoms with Crippen molar-refractivity contribution in [3.63, 3.8) is 0 Å². The highest BCUT2D eigenvalue weighted by atomic mass is 32.1. The molecule has 14 heterocycles. The van der Waals surface area contributed by atoms with Crippen LogP contribution in [-0.4, -0.2) is 69.2 Å². The Morgan fingerprint density at radius 1 is 0.320 bits per heavy atom. The summed E-state index contributed by atoms with van der Waals surface area (Å²) in [5.74, 6) is 8.02. The van der Waals surface area contributed by atoms with Gasteiger partial charge in [-0.25, -0.2) is 49.8 Å². The highest BCUT2D eigenvalue weighted by Crippen LogP contribution is 2.35. The molecule has 0 aliphatic heterocycles. The van der Waals surface area contributed by atoms with E-state index in [0.717, 1.165) is 47.6 Å². The Labute approximate surface area is 921 Å². The van der Waals surface area contributed by atoms with Crippen LogP contribution in [0.3, 0.4) is 0 Å². The molecule has 20 nitrogen and oxygen atoms in total. The fourth-order valence-corrected chi connectivity index (χ4v) is 20.4. The molecule has 0 bridgehead atoms. The van der Waals surface area contributed by atoms with Crippen molar-refractivity contribution in [1.29, 1.82) is 31.6 Å². The molecule has 786 valence electrons. The Balaban J connectivity index is 0.000000407. The summed E-state index contributed by atoms with van der Waals surface area (Å²) in [5.41, 5.74) is 16.4. The minimum Gasteiger partial charge on any atom is -0.261 e. The fourth-order valence-electron chi connectivity index (χ4n) is 11.9. The average molecular weight is 2170 g/mol. The van der Waals surface area contributed by atoms with Crippen LogP contribution in [0.4, 0.5) is 0 Å². The number of hydrogen-bond donors (Lipinski definition) is 0. The SMILES string of the molecule is CC(C)c1cc(C#N)ccn1.CC(C)c1cc(C#N)ns1.CC(C)c1cccc(C#N)n1.CC(C)c1nc(C#N)cs1.CC1CCc2sc(C(C)C)nc2C1.Cc1ccc(C(C)C)nc1.Cc1ccc(C(C)C)nc1.Cc1ccc2sc(C(C)C)nc2c1.Cc1cnc(C(C)C)s1.Cc1nc(C(C)C)cs1.Cc1nc(C(C)C)sc1C.Cc1ncc(C(C)C)s1.Cc1sc(C(C)C)nc1C#N.Cc1sc(C(C)C)nc1C#N. The number of rotatable bonds is 14. The van der Waals surface area contributed by atoms with E-state index in [1.807, 2.05) is 118 Å². The van der Waals surface area contributed by atoms with Crippen LogP contribution in [0, 0.1) is 143 Å². The first-order valence-electron chi connectivity index (χ1n) is 50.3. The van der Waals surface area contributed by atoms with E-state index in [1.165, 1.54) is 130 Å². The summed E-state index contributed by atoms with van der Waals surface area (Å²) in [4.78, 5) is 64.6. The monoisotopic (exact) mass is 2160 g/mol. The van der Waals surface area contributed by atoms with E-state index >= 15 is 0 Å². The van der Waals surface area contributed by atoms with Gasteiger partial charge >= 0.3 is 0 Å². The predicted octanol–water partition coefficient (Wildman–Crippen LogP) is 36.1. The standard InChI is InChI=1S/C11H17NS.C11H13NS.2C9H10N2.2C9H13N.2C8H10N2S.C8H13NS.2C7H8N2S.3C7H11NS/c2*1-7(2)11-12-9-6-8(3)4-5-10(9)13-11;1-7(2)9-5-8(6-10)3-4-11-9;1-7(2)9-5-3-4-8(6-10)11-9;2*1-7(2)9-5-4-8(3)6-10-9;2*1-5(2)8-10-7(4-9)6(3)11-8;1-5(2)8-9-6(3)7(4)10-8;1-5(2)7-9-6(3-8)4-10-7;1-5(2)7-3-6(4-8)9-10-7;1-5(2)7-4-9-6(3)8-7;1-5(2)7-4-8-6(3)9-7;1-5(2)7-8-4-6(3)9-7/h7-8H,4-6H2,1-3H3;4-7H,1-3H3;2*3-5,7H,1-2H3;2*4-7H,1-3H3;2*5H,1-3H3;5H,1-4H3;4-5H,1-2H3;3,5H,1-2H3;3*4-5H,1-3H3. The second-order valence-electron chi connectivity index (χ2n) is 39.7. The van der Waals surface area contributed by atoms with Gasteiger partial charge in [0.1, 0.15) is 36.0 Å². The molecule has 0 spiro atoms. The van der Waals surface area contributed by atoms with Crippen LogP contribution in [-0.2, 0) is 12.8 Å². The summed E-state index contributed by atoms with van der Waals surface area (Å²) >= 11 is 17.0. The van der Waals surface area contributed by atoms with Crippen LogP contribution in [0.2, 0.25) is 0 Å². The number of aromatic nitrogens is 14. The van der Waals surface area contributed by atoms with Gasteiger partial charge in [-0.3, -0.25) is 15.0 Å². The van der Waals surface area contributed by atoms with Gasteiger partial charge in [0, 0.05) is 140 Å². The molecule has 0 saturated carbocycles. The zero-order chi connectivity index (χ0) is 111. The molecule has 15 aromatic rings. The van der Waals surface area contributed by atoms with Crippen molar-refractivity contribution < 1.29 is 0 Å². The highest BCUT2D eigenvalue weighted by molar-refractivity contribution is 7.18. The van der Waals surface area contributed by atoms with E-state index in [2.05, 4.69) is 373 Å². The molecule has 1 aliphatic rings. The van der Waals surface area contributed by atoms with Crippen LogP contribution in [0.5, 0.6) is 0 Å². The molecule has 30 heteroatoms. The maximum atomic E-state index is 8.61. The molecule has 0 N–H and O–H groups in total. The molecule has 1 aromatic carbocycles. The third-order valence-corrected chi connectivity index (χ3v) is 33.2. The van der Waals surface area contributed by atoms with Gasteiger partial charge in [0.2, 0.25) is 0 Å². The Kier molecular flexibility index (Phi) is 60.5. The van der Waals surface area contributed by atoms with E-state index in [9.17, 15) is 0 Å². The second-order valence-corrected chi connectivity index (χ2v) is 50.9. The highest BCUT2D eigenvalue weighted by Gasteiger charge is 2.21. The average Bonchev–Trinajstić information content (AvgIpc) is 1.68. The number of pyridine rings is 4. The minimum absolute atomic E-state index is 0.392. The van der Waals surface area contributed by atoms with Crippen molar-refractivity contribution in [2.24, 2.45) is 5.92 Å². The third kappa shape index (κ3) is 49.6. The lowest BCUT2D eigenvalue weighted by molar-refractivity contribution is 0.498. The number of nitrogens with zero attached hydrogens (tertiary/aromatic N) is 20. The van der Waals surface area contributed by atoms with Crippen LogP contribution in [0.1, 0.15) is 460 Å². The van der Waals surface area contributed by atoms with Gasteiger partial charge in [0.15, 0.2) is 22.8 Å². The Bertz CT molecular complexity index is 6230. The van der Waals surface area contributed by atoms with Crippen molar-refractivity contribution in [3.05, 3.63) is 290 Å². The molecule has 0 radical (unpaired) electrons. The van der Waals surface area contributed by atoms with E-state index in [0.29, 0.717) is 117 Å². The van der Waals surface area contributed by atoms with E-state index in [1.54, 1.807) is 108 Å². The maximum absolute atomic E-state index is 8.61. The summed E-state index contributed by atoms with van der Waals surface area (Å²) in [7, 11) is 0. The molecule has 14 aromatic heterocycles. The van der Waals surface area contributed by atoms with Gasteiger partial charge in [-0.15, -0.1) is 102 Å². The quantitative estimate of drug-likeness (QED) is 0.0976. The predicted molar refractivity (Wildman–Crippen MR) is 630 cm³/mol. The number of hydrogen-bond acceptors (Lipinski definition) is 30. The number of benzene rings is 1. The van der Waals surface area contributed by atoms with E-state index in [-0.39, 0.29) is 0 Å². The largest absolute Gasteiger partial charge is 0.261 e. The summed E-state index contributed by atoms with van der Waals surface area (Å²) in [6.07, 6.45) is 13.2. The zero-order valence-corrected chi connectivity index (χ0v) is 103. The molecule has 147 heavy (non-hydrogen) atoms. The summed E-state index contributed by atoms with van der Waals surface area (Å²) in [5, 5.41) is 65.6. The minimum atomic E-state index is 0.392. The first kappa shape index (κ1) is 130. The number of fused-ring (bicyclic) bond motifs is 2. The Hall–Kier alpha value is -10.7. The Morgan fingerprint density at radius 2 is 0.810 bits per heavy atom. The van der Waals surface area contributed by atoms with Crippen LogP contribution in [0.15, 0.2) is 121 Å². The number of aryl methyl sites for hydroxylation is 11. The molecule has 0 amide bonds. The molecule has 0 fully saturated rings. The molecule has 1 unspecified atom stereocenters. The van der Waals surface area contributed by atoms with Crippen LogP contribution < -0.4 is 0 Å². The second kappa shape index (κ2) is 68.1. The Morgan fingerprint density at radius 3 is 1.16 bits per heavy atom. The lowest BCUT2D eigenvalue weighted by Gasteiger charge is -2.15. The first-order chi connectivity index (χ1) is 69.2.